The molecule has 0 aliphatic carbocycles. The Balaban J connectivity index is 1.82. The summed E-state index contributed by atoms with van der Waals surface area (Å²) in [6, 6.07) is 23.6. The average molecular weight is 340 g/mol. The Labute approximate surface area is 155 Å². The van der Waals surface area contributed by atoms with Crippen molar-refractivity contribution in [1.82, 2.24) is 9.55 Å². The summed E-state index contributed by atoms with van der Waals surface area (Å²) in [7, 11) is 0. The van der Waals surface area contributed by atoms with Gasteiger partial charge in [-0.15, -0.1) is 0 Å². The summed E-state index contributed by atoms with van der Waals surface area (Å²) in [6.07, 6.45) is 0.847. The van der Waals surface area contributed by atoms with Gasteiger partial charge < -0.3 is 4.57 Å². The van der Waals surface area contributed by atoms with Crippen LogP contribution in [0.3, 0.4) is 0 Å². The number of aryl methyl sites for hydroxylation is 3. The number of fused-ring (bicyclic) bond motifs is 1. The lowest BCUT2D eigenvalue weighted by Gasteiger charge is -2.15. The molecule has 26 heavy (non-hydrogen) atoms. The predicted molar refractivity (Wildman–Crippen MR) is 109 cm³/mol. The first kappa shape index (κ1) is 16.6. The monoisotopic (exact) mass is 340 g/mol. The van der Waals surface area contributed by atoms with Crippen molar-refractivity contribution in [1.29, 1.82) is 0 Å². The third-order valence-corrected chi connectivity index (χ3v) is 5.10. The number of para-hydroxylation sites is 2. The van der Waals surface area contributed by atoms with E-state index in [-0.39, 0.29) is 0 Å². The second kappa shape index (κ2) is 6.80. The number of aromatic nitrogens is 2. The van der Waals surface area contributed by atoms with E-state index in [9.17, 15) is 0 Å². The molecule has 1 aromatic heterocycles. The Morgan fingerprint density at radius 3 is 2.19 bits per heavy atom. The maximum atomic E-state index is 4.94. The van der Waals surface area contributed by atoms with Crippen LogP contribution in [0.15, 0.2) is 66.7 Å². The zero-order chi connectivity index (χ0) is 18.1. The number of nitrogens with zero attached hydrogens (tertiary/aromatic N) is 2. The van der Waals surface area contributed by atoms with Crippen LogP contribution in [-0.2, 0) is 13.0 Å². The number of rotatable bonds is 4. The number of hydrogen-bond donors (Lipinski definition) is 0. The lowest BCUT2D eigenvalue weighted by Crippen LogP contribution is -2.08. The quantitative estimate of drug-likeness (QED) is 0.473. The summed E-state index contributed by atoms with van der Waals surface area (Å²) in [4.78, 5) is 4.94. The molecule has 0 fully saturated rings. The summed E-state index contributed by atoms with van der Waals surface area (Å²) in [5, 5.41) is 0. The number of hydrogen-bond acceptors (Lipinski definition) is 1. The van der Waals surface area contributed by atoms with Crippen molar-refractivity contribution in [3.8, 4) is 0 Å². The van der Waals surface area contributed by atoms with Gasteiger partial charge in [0.25, 0.3) is 0 Å². The number of benzene rings is 3. The minimum Gasteiger partial charge on any atom is -0.323 e. The molecule has 0 spiro atoms. The smallest absolute Gasteiger partial charge is 0.114 e. The van der Waals surface area contributed by atoms with Crippen LogP contribution in [0.25, 0.3) is 11.0 Å². The Kier molecular flexibility index (Phi) is 4.34. The van der Waals surface area contributed by atoms with Crippen molar-refractivity contribution >= 4 is 11.0 Å². The second-order valence-corrected chi connectivity index (χ2v) is 7.14. The van der Waals surface area contributed by atoms with Gasteiger partial charge in [0.2, 0.25) is 0 Å². The van der Waals surface area contributed by atoms with Crippen LogP contribution in [0, 0.1) is 20.8 Å². The van der Waals surface area contributed by atoms with E-state index >= 15 is 0 Å². The molecule has 1 heterocycles. The van der Waals surface area contributed by atoms with Gasteiger partial charge in [0, 0.05) is 13.0 Å². The van der Waals surface area contributed by atoms with E-state index in [4.69, 9.17) is 4.98 Å². The van der Waals surface area contributed by atoms with Gasteiger partial charge in [-0.1, -0.05) is 60.2 Å². The molecule has 2 heteroatoms. The molecule has 0 aliphatic rings. The van der Waals surface area contributed by atoms with E-state index in [1.54, 1.807) is 0 Å². The highest BCUT2D eigenvalue weighted by molar-refractivity contribution is 5.76. The maximum Gasteiger partial charge on any atom is 0.114 e. The van der Waals surface area contributed by atoms with Gasteiger partial charge in [-0.2, -0.15) is 0 Å². The first-order chi connectivity index (χ1) is 12.6. The second-order valence-electron chi connectivity index (χ2n) is 7.14. The van der Waals surface area contributed by atoms with Crippen molar-refractivity contribution < 1.29 is 0 Å². The van der Waals surface area contributed by atoms with E-state index in [0.29, 0.717) is 0 Å². The van der Waals surface area contributed by atoms with Gasteiger partial charge in [-0.05, 0) is 55.2 Å². The molecule has 0 aliphatic heterocycles. The lowest BCUT2D eigenvalue weighted by atomic mass is 9.99. The Bertz CT molecular complexity index is 1040. The third kappa shape index (κ3) is 3.15. The van der Waals surface area contributed by atoms with Gasteiger partial charge in [0.05, 0.1) is 11.0 Å². The van der Waals surface area contributed by atoms with Gasteiger partial charge in [0.15, 0.2) is 0 Å². The molecule has 2 nitrogen and oxygen atoms in total. The normalized spacial score (nSPS) is 11.2. The SMILES string of the molecule is Cc1cc(C)c(Cn2c(Cc3ccccc3)nc3ccccc32)c(C)c1. The third-order valence-electron chi connectivity index (χ3n) is 5.10. The van der Waals surface area contributed by atoms with E-state index in [1.165, 1.54) is 33.3 Å². The zero-order valence-electron chi connectivity index (χ0n) is 15.7. The highest BCUT2D eigenvalue weighted by Gasteiger charge is 2.13. The van der Waals surface area contributed by atoms with E-state index in [0.717, 1.165) is 24.3 Å². The van der Waals surface area contributed by atoms with Gasteiger partial charge in [-0.25, -0.2) is 4.98 Å². The molecular weight excluding hydrogens is 316 g/mol. The molecule has 130 valence electrons. The minimum atomic E-state index is 0.847. The topological polar surface area (TPSA) is 17.8 Å². The van der Waals surface area contributed by atoms with Gasteiger partial charge in [0.1, 0.15) is 5.82 Å². The van der Waals surface area contributed by atoms with Crippen LogP contribution in [-0.4, -0.2) is 9.55 Å². The molecular formula is C24H24N2. The van der Waals surface area contributed by atoms with E-state index in [1.807, 2.05) is 0 Å². The van der Waals surface area contributed by atoms with E-state index in [2.05, 4.69) is 92.1 Å². The molecule has 3 aromatic carbocycles. The first-order valence-corrected chi connectivity index (χ1v) is 9.16. The fourth-order valence-corrected chi connectivity index (χ4v) is 3.83. The van der Waals surface area contributed by atoms with Crippen molar-refractivity contribution in [3.63, 3.8) is 0 Å². The van der Waals surface area contributed by atoms with Gasteiger partial charge >= 0.3 is 0 Å². The summed E-state index contributed by atoms with van der Waals surface area (Å²) in [5.41, 5.74) is 8.99. The van der Waals surface area contributed by atoms with Crippen molar-refractivity contribution in [2.24, 2.45) is 0 Å². The van der Waals surface area contributed by atoms with Crippen molar-refractivity contribution in [2.75, 3.05) is 0 Å². The van der Waals surface area contributed by atoms with Crippen LogP contribution in [0.2, 0.25) is 0 Å². The van der Waals surface area contributed by atoms with E-state index < -0.39 is 0 Å². The molecule has 4 rings (SSSR count). The van der Waals surface area contributed by atoms with Crippen molar-refractivity contribution in [2.45, 2.75) is 33.7 Å². The van der Waals surface area contributed by atoms with Crippen LogP contribution in [0.1, 0.15) is 33.6 Å². The fourth-order valence-electron chi connectivity index (χ4n) is 3.83. The molecule has 0 amide bonds. The zero-order valence-corrected chi connectivity index (χ0v) is 15.7. The maximum absolute atomic E-state index is 4.94. The summed E-state index contributed by atoms with van der Waals surface area (Å²) >= 11 is 0. The average Bonchev–Trinajstić information content (AvgIpc) is 2.96. The minimum absolute atomic E-state index is 0.847. The van der Waals surface area contributed by atoms with Gasteiger partial charge in [-0.3, -0.25) is 0 Å². The highest BCUT2D eigenvalue weighted by Crippen LogP contribution is 2.23. The van der Waals surface area contributed by atoms with Crippen LogP contribution in [0.5, 0.6) is 0 Å². The molecule has 0 atom stereocenters. The largest absolute Gasteiger partial charge is 0.323 e. The predicted octanol–water partition coefficient (Wildman–Crippen LogP) is 5.60. The number of imidazole rings is 1. The lowest BCUT2D eigenvalue weighted by molar-refractivity contribution is 0.754. The molecule has 0 N–H and O–H groups in total. The summed E-state index contributed by atoms with van der Waals surface area (Å²) in [5.74, 6) is 1.12. The fraction of sp³-hybridized carbons (Fsp3) is 0.208. The summed E-state index contributed by atoms with van der Waals surface area (Å²) < 4.78 is 2.38. The molecule has 4 aromatic rings. The Hall–Kier alpha value is -2.87. The molecule has 0 bridgehead atoms. The molecule has 0 unspecified atom stereocenters. The molecule has 0 radical (unpaired) electrons. The Morgan fingerprint density at radius 1 is 0.808 bits per heavy atom. The van der Waals surface area contributed by atoms with Crippen molar-refractivity contribution in [3.05, 3.63) is 100 Å². The summed E-state index contributed by atoms with van der Waals surface area (Å²) in [6.45, 7) is 7.45. The van der Waals surface area contributed by atoms with Crippen LogP contribution < -0.4 is 0 Å². The van der Waals surface area contributed by atoms with Crippen LogP contribution in [0.4, 0.5) is 0 Å². The van der Waals surface area contributed by atoms with Crippen LogP contribution >= 0.6 is 0 Å². The molecule has 0 saturated carbocycles. The Morgan fingerprint density at radius 2 is 1.46 bits per heavy atom. The standard InChI is InChI=1S/C24H24N2/c1-17-13-18(2)21(19(3)14-17)16-26-23-12-8-7-11-22(23)25-24(26)15-20-9-5-4-6-10-20/h4-14H,15-16H2,1-3H3. The first-order valence-electron chi connectivity index (χ1n) is 9.16. The molecule has 0 saturated heterocycles. The highest BCUT2D eigenvalue weighted by atomic mass is 15.1.